The Kier molecular flexibility index (Phi) is 2.71. The molecule has 0 aliphatic rings. The van der Waals surface area contributed by atoms with Gasteiger partial charge in [-0.1, -0.05) is 5.16 Å². The summed E-state index contributed by atoms with van der Waals surface area (Å²) in [4.78, 5) is 19.7. The van der Waals surface area contributed by atoms with E-state index in [4.69, 9.17) is 4.52 Å². The van der Waals surface area contributed by atoms with Gasteiger partial charge < -0.3 is 20.1 Å². The van der Waals surface area contributed by atoms with Gasteiger partial charge in [0.2, 0.25) is 11.8 Å². The Balaban J connectivity index is 1.88. The molecule has 0 aliphatic carbocycles. The maximum atomic E-state index is 5.03. The van der Waals surface area contributed by atoms with Gasteiger partial charge in [0.25, 0.3) is 0 Å². The number of aryl methyl sites for hydroxylation is 1. The van der Waals surface area contributed by atoms with Crippen LogP contribution in [0.5, 0.6) is 0 Å². The van der Waals surface area contributed by atoms with Crippen LogP contribution in [0.25, 0.3) is 11.2 Å². The molecule has 9 heteroatoms. The fourth-order valence-corrected chi connectivity index (χ4v) is 1.64. The van der Waals surface area contributed by atoms with Gasteiger partial charge in [-0.05, 0) is 6.92 Å². The van der Waals surface area contributed by atoms with E-state index in [9.17, 15) is 0 Å². The van der Waals surface area contributed by atoms with Crippen LogP contribution >= 0.6 is 0 Å². The standard InChI is InChI=1S/C10H12N8O/c1-5-15-6(19-18-5)3-12-8-7-9(14-4-13-7)17-10(11-2)16-8/h4H,3H2,1-2H3,(H3,11,12,13,14,16,17). The van der Waals surface area contributed by atoms with Crippen LogP contribution in [0, 0.1) is 6.92 Å². The van der Waals surface area contributed by atoms with Gasteiger partial charge in [-0.25, -0.2) is 4.98 Å². The first-order valence-corrected chi connectivity index (χ1v) is 5.68. The molecular formula is C10H12N8O. The summed E-state index contributed by atoms with van der Waals surface area (Å²) in [6.45, 7) is 2.15. The number of nitrogens with zero attached hydrogens (tertiary/aromatic N) is 5. The zero-order chi connectivity index (χ0) is 13.2. The van der Waals surface area contributed by atoms with E-state index in [1.807, 2.05) is 0 Å². The van der Waals surface area contributed by atoms with Gasteiger partial charge in [0, 0.05) is 7.05 Å². The Morgan fingerprint density at radius 1 is 1.32 bits per heavy atom. The summed E-state index contributed by atoms with van der Waals surface area (Å²) in [5, 5.41) is 9.73. The van der Waals surface area contributed by atoms with E-state index in [2.05, 4.69) is 40.7 Å². The Bertz CT molecular complexity index is 702. The van der Waals surface area contributed by atoms with Gasteiger partial charge in [-0.2, -0.15) is 15.0 Å². The molecule has 0 amide bonds. The molecule has 3 aromatic rings. The van der Waals surface area contributed by atoms with Crippen molar-refractivity contribution in [2.24, 2.45) is 0 Å². The van der Waals surface area contributed by atoms with Crippen LogP contribution in [0.4, 0.5) is 11.8 Å². The van der Waals surface area contributed by atoms with E-state index in [1.165, 1.54) is 0 Å². The molecule has 0 bridgehead atoms. The third-order valence-corrected chi connectivity index (χ3v) is 2.49. The van der Waals surface area contributed by atoms with E-state index in [1.54, 1.807) is 20.3 Å². The number of H-pyrrole nitrogens is 1. The Morgan fingerprint density at radius 2 is 2.21 bits per heavy atom. The highest BCUT2D eigenvalue weighted by atomic mass is 16.5. The number of imidazole rings is 1. The lowest BCUT2D eigenvalue weighted by Gasteiger charge is -2.05. The van der Waals surface area contributed by atoms with E-state index >= 15 is 0 Å². The minimum absolute atomic E-state index is 0.384. The predicted octanol–water partition coefficient (Wildman–Crippen LogP) is 0.698. The SMILES string of the molecule is CNc1nc(NCc2nc(C)no2)c2[nH]cnc2n1. The average Bonchev–Trinajstić information content (AvgIpc) is 3.04. The van der Waals surface area contributed by atoms with Gasteiger partial charge in [0.15, 0.2) is 17.3 Å². The van der Waals surface area contributed by atoms with Crippen molar-refractivity contribution in [3.63, 3.8) is 0 Å². The topological polar surface area (TPSA) is 117 Å². The third-order valence-electron chi connectivity index (χ3n) is 2.49. The zero-order valence-corrected chi connectivity index (χ0v) is 10.4. The van der Waals surface area contributed by atoms with Crippen molar-refractivity contribution in [3.8, 4) is 0 Å². The van der Waals surface area contributed by atoms with Crippen LogP contribution in [-0.2, 0) is 6.54 Å². The molecule has 0 aromatic carbocycles. The molecule has 98 valence electrons. The molecule has 0 unspecified atom stereocenters. The van der Waals surface area contributed by atoms with Crippen LogP contribution in [0.3, 0.4) is 0 Å². The van der Waals surface area contributed by atoms with Gasteiger partial charge in [0.05, 0.1) is 12.9 Å². The molecule has 0 radical (unpaired) electrons. The predicted molar refractivity (Wildman–Crippen MR) is 67.6 cm³/mol. The third kappa shape index (κ3) is 2.17. The highest BCUT2D eigenvalue weighted by molar-refractivity contribution is 5.83. The van der Waals surface area contributed by atoms with Crippen LogP contribution in [-0.4, -0.2) is 37.1 Å². The molecule has 3 aromatic heterocycles. The minimum Gasteiger partial charge on any atom is -0.359 e. The van der Waals surface area contributed by atoms with Gasteiger partial charge in [-0.15, -0.1) is 0 Å². The highest BCUT2D eigenvalue weighted by Gasteiger charge is 2.10. The second-order valence-corrected chi connectivity index (χ2v) is 3.84. The van der Waals surface area contributed by atoms with Crippen LogP contribution in [0.15, 0.2) is 10.9 Å². The lowest BCUT2D eigenvalue weighted by molar-refractivity contribution is 0.379. The van der Waals surface area contributed by atoms with Gasteiger partial charge in [0.1, 0.15) is 5.52 Å². The largest absolute Gasteiger partial charge is 0.359 e. The number of anilines is 2. The van der Waals surface area contributed by atoms with Crippen molar-refractivity contribution in [2.75, 3.05) is 17.7 Å². The number of nitrogens with one attached hydrogen (secondary N) is 3. The summed E-state index contributed by atoms with van der Waals surface area (Å²) < 4.78 is 5.03. The fourth-order valence-electron chi connectivity index (χ4n) is 1.64. The number of hydrogen-bond acceptors (Lipinski definition) is 8. The summed E-state index contributed by atoms with van der Waals surface area (Å²) in [7, 11) is 1.75. The first-order chi connectivity index (χ1) is 9.26. The number of aromatic amines is 1. The van der Waals surface area contributed by atoms with Crippen molar-refractivity contribution in [3.05, 3.63) is 18.0 Å². The summed E-state index contributed by atoms with van der Waals surface area (Å²) in [5.41, 5.74) is 1.32. The van der Waals surface area contributed by atoms with E-state index < -0.39 is 0 Å². The highest BCUT2D eigenvalue weighted by Crippen LogP contribution is 2.18. The van der Waals surface area contributed by atoms with E-state index in [0.29, 0.717) is 35.7 Å². The maximum absolute atomic E-state index is 5.03. The van der Waals surface area contributed by atoms with Crippen LogP contribution < -0.4 is 10.6 Å². The van der Waals surface area contributed by atoms with E-state index in [-0.39, 0.29) is 0 Å². The average molecular weight is 260 g/mol. The summed E-state index contributed by atoms with van der Waals surface area (Å²) in [5.74, 6) is 2.21. The normalized spacial score (nSPS) is 10.8. The van der Waals surface area contributed by atoms with Crippen molar-refractivity contribution in [2.45, 2.75) is 13.5 Å². The molecule has 9 nitrogen and oxygen atoms in total. The molecule has 3 heterocycles. The quantitative estimate of drug-likeness (QED) is 0.627. The zero-order valence-electron chi connectivity index (χ0n) is 10.4. The molecule has 3 rings (SSSR count). The lowest BCUT2D eigenvalue weighted by Crippen LogP contribution is -2.05. The van der Waals surface area contributed by atoms with E-state index in [0.717, 1.165) is 5.52 Å². The van der Waals surface area contributed by atoms with Gasteiger partial charge >= 0.3 is 0 Å². The first kappa shape index (κ1) is 11.4. The molecule has 0 atom stereocenters. The fraction of sp³-hybridized carbons (Fsp3) is 0.300. The van der Waals surface area contributed by atoms with Crippen molar-refractivity contribution >= 4 is 22.9 Å². The Hall–Kier alpha value is -2.71. The molecule has 0 fully saturated rings. The Labute approximate surface area is 107 Å². The molecular weight excluding hydrogens is 248 g/mol. The molecule has 0 saturated carbocycles. The summed E-state index contributed by atoms with van der Waals surface area (Å²) in [6, 6.07) is 0. The number of hydrogen-bond donors (Lipinski definition) is 3. The first-order valence-electron chi connectivity index (χ1n) is 5.68. The lowest BCUT2D eigenvalue weighted by atomic mass is 10.4. The van der Waals surface area contributed by atoms with Crippen molar-refractivity contribution < 1.29 is 4.52 Å². The van der Waals surface area contributed by atoms with Crippen LogP contribution in [0.2, 0.25) is 0 Å². The second-order valence-electron chi connectivity index (χ2n) is 3.84. The molecule has 0 aliphatic heterocycles. The maximum Gasteiger partial charge on any atom is 0.245 e. The monoisotopic (exact) mass is 260 g/mol. The Morgan fingerprint density at radius 3 is 2.95 bits per heavy atom. The number of aromatic nitrogens is 6. The van der Waals surface area contributed by atoms with Gasteiger partial charge in [-0.3, -0.25) is 0 Å². The van der Waals surface area contributed by atoms with Crippen molar-refractivity contribution in [1.29, 1.82) is 0 Å². The number of fused-ring (bicyclic) bond motifs is 1. The second kappa shape index (κ2) is 4.52. The van der Waals surface area contributed by atoms with Crippen LogP contribution in [0.1, 0.15) is 11.7 Å². The molecule has 3 N–H and O–H groups in total. The molecule has 0 spiro atoms. The summed E-state index contributed by atoms with van der Waals surface area (Å²) >= 11 is 0. The smallest absolute Gasteiger partial charge is 0.245 e. The minimum atomic E-state index is 0.384. The van der Waals surface area contributed by atoms with Crippen molar-refractivity contribution in [1.82, 2.24) is 30.1 Å². The molecule has 19 heavy (non-hydrogen) atoms. The number of rotatable bonds is 4. The summed E-state index contributed by atoms with van der Waals surface area (Å²) in [6.07, 6.45) is 1.57. The molecule has 0 saturated heterocycles.